The molecule has 0 saturated heterocycles. The highest BCUT2D eigenvalue weighted by atomic mass is 35.5. The number of hydrazine groups is 1. The lowest BCUT2D eigenvalue weighted by atomic mass is 9.84. The summed E-state index contributed by atoms with van der Waals surface area (Å²) in [7, 11) is 0. The second-order valence-corrected chi connectivity index (χ2v) is 10.6. The van der Waals surface area contributed by atoms with Crippen LogP contribution < -0.4 is 10.9 Å². The minimum absolute atomic E-state index is 0.0676. The Labute approximate surface area is 169 Å². The molecule has 4 unspecified atom stereocenters. The van der Waals surface area contributed by atoms with Gasteiger partial charge in [-0.2, -0.15) is 0 Å². The molecule has 1 aliphatic heterocycles. The lowest BCUT2D eigenvalue weighted by Crippen LogP contribution is -2.52. The van der Waals surface area contributed by atoms with Crippen molar-refractivity contribution in [2.75, 3.05) is 6.54 Å². The molecule has 2 aliphatic carbocycles. The summed E-state index contributed by atoms with van der Waals surface area (Å²) in [6.45, 7) is 7.60. The standard InChI is InChI=1S/C21H37ClN4O/c1-21(2,3)19-13-18(26(25-19)14-15-8-5-4-6-9-15)20(27)24-23-17-11-7-10-16(22)12-17/h15-19,25H,4-14H2,1-3H3/p+1. The molecule has 0 aromatic rings. The molecule has 0 spiro atoms. The normalized spacial score (nSPS) is 33.0. The van der Waals surface area contributed by atoms with Crippen LogP contribution in [0.15, 0.2) is 5.11 Å². The van der Waals surface area contributed by atoms with Crippen molar-refractivity contribution in [1.29, 1.82) is 0 Å². The summed E-state index contributed by atoms with van der Waals surface area (Å²) in [5.74, 6) is 0.748. The van der Waals surface area contributed by atoms with E-state index >= 15 is 0 Å². The van der Waals surface area contributed by atoms with Crippen LogP contribution in [0.5, 0.6) is 0 Å². The van der Waals surface area contributed by atoms with E-state index in [1.165, 1.54) is 32.1 Å². The summed E-state index contributed by atoms with van der Waals surface area (Å²) in [5, 5.41) is 5.21. The molecule has 1 heterocycles. The highest BCUT2D eigenvalue weighted by molar-refractivity contribution is 6.20. The SMILES string of the molecule is CC(C)(C)C1CC(C(=O)NNC2CCCC(Cl)C2)[N+](CC2CCCCC2)=N1. The van der Waals surface area contributed by atoms with Crippen LogP contribution in [-0.4, -0.2) is 40.7 Å². The minimum Gasteiger partial charge on any atom is -0.285 e. The molecule has 0 aromatic heterocycles. The van der Waals surface area contributed by atoms with Crippen molar-refractivity contribution < 1.29 is 9.49 Å². The molecule has 2 fully saturated rings. The van der Waals surface area contributed by atoms with Crippen molar-refractivity contribution >= 4 is 17.5 Å². The third kappa shape index (κ3) is 5.90. The molecule has 3 aliphatic rings. The molecule has 2 saturated carbocycles. The third-order valence-electron chi connectivity index (χ3n) is 6.58. The number of amides is 1. The molecule has 2 N–H and O–H groups in total. The molecule has 3 rings (SSSR count). The van der Waals surface area contributed by atoms with Gasteiger partial charge in [-0.3, -0.25) is 10.2 Å². The van der Waals surface area contributed by atoms with E-state index in [1.54, 1.807) is 0 Å². The summed E-state index contributed by atoms with van der Waals surface area (Å²) >= 11 is 6.28. The van der Waals surface area contributed by atoms with Crippen molar-refractivity contribution in [3.8, 4) is 0 Å². The van der Waals surface area contributed by atoms with Gasteiger partial charge in [0.15, 0.2) is 6.54 Å². The Morgan fingerprint density at radius 3 is 2.48 bits per heavy atom. The van der Waals surface area contributed by atoms with Crippen molar-refractivity contribution in [3.63, 3.8) is 0 Å². The van der Waals surface area contributed by atoms with Crippen LogP contribution in [0.4, 0.5) is 0 Å². The Kier molecular flexibility index (Phi) is 7.18. The Hall–Kier alpha value is -0.680. The fourth-order valence-electron chi connectivity index (χ4n) is 4.74. The summed E-state index contributed by atoms with van der Waals surface area (Å²) < 4.78 is 2.12. The monoisotopic (exact) mass is 397 g/mol. The van der Waals surface area contributed by atoms with Crippen molar-refractivity contribution in [2.45, 2.75) is 108 Å². The lowest BCUT2D eigenvalue weighted by molar-refractivity contribution is -0.610. The van der Waals surface area contributed by atoms with E-state index in [1.807, 2.05) is 0 Å². The predicted octanol–water partition coefficient (Wildman–Crippen LogP) is 4.39. The topological polar surface area (TPSA) is 56.5 Å². The summed E-state index contributed by atoms with van der Waals surface area (Å²) in [4.78, 5) is 13.0. The van der Waals surface area contributed by atoms with Crippen molar-refractivity contribution in [1.82, 2.24) is 10.9 Å². The fourth-order valence-corrected chi connectivity index (χ4v) is 5.10. The molecule has 5 nitrogen and oxygen atoms in total. The van der Waals surface area contributed by atoms with Gasteiger partial charge in [0.2, 0.25) is 0 Å². The number of azo groups is 2. The number of hydrogen-bond donors (Lipinski definition) is 2. The van der Waals surface area contributed by atoms with Crippen LogP contribution in [0.1, 0.15) is 85.0 Å². The van der Waals surface area contributed by atoms with Gasteiger partial charge in [-0.1, -0.05) is 46.5 Å². The molecular formula is C21H38ClN4O+. The Morgan fingerprint density at radius 2 is 1.81 bits per heavy atom. The van der Waals surface area contributed by atoms with E-state index in [2.05, 4.69) is 36.3 Å². The second-order valence-electron chi connectivity index (χ2n) is 9.97. The van der Waals surface area contributed by atoms with Gasteiger partial charge in [0.25, 0.3) is 6.04 Å². The molecule has 0 bridgehead atoms. The highest BCUT2D eigenvalue weighted by Gasteiger charge is 2.46. The quantitative estimate of drug-likeness (QED) is 0.410. The summed E-state index contributed by atoms with van der Waals surface area (Å²) in [5.41, 5.74) is 6.34. The zero-order valence-corrected chi connectivity index (χ0v) is 18.1. The van der Waals surface area contributed by atoms with E-state index in [0.717, 1.165) is 38.6 Å². The first kappa shape index (κ1) is 21.0. The maximum atomic E-state index is 13.0. The lowest BCUT2D eigenvalue weighted by Gasteiger charge is -2.26. The molecule has 154 valence electrons. The Bertz CT molecular complexity index is 539. The number of carbonyl (C=O) groups excluding carboxylic acids is 1. The van der Waals surface area contributed by atoms with E-state index in [0.29, 0.717) is 5.92 Å². The van der Waals surface area contributed by atoms with Crippen LogP contribution in [0, 0.1) is 11.3 Å². The van der Waals surface area contributed by atoms with Crippen LogP contribution >= 0.6 is 11.6 Å². The van der Waals surface area contributed by atoms with Crippen molar-refractivity contribution in [2.24, 2.45) is 16.4 Å². The first-order chi connectivity index (χ1) is 12.8. The van der Waals surface area contributed by atoms with Crippen LogP contribution in [0.3, 0.4) is 0 Å². The number of halogens is 1. The molecular weight excluding hydrogens is 360 g/mol. The van der Waals surface area contributed by atoms with E-state index < -0.39 is 0 Å². The maximum Gasteiger partial charge on any atom is 0.305 e. The number of nitrogens with zero attached hydrogens (tertiary/aromatic N) is 2. The Morgan fingerprint density at radius 1 is 1.07 bits per heavy atom. The molecule has 4 atom stereocenters. The number of carbonyl (C=O) groups is 1. The molecule has 0 aromatic carbocycles. The fraction of sp³-hybridized carbons (Fsp3) is 0.952. The summed E-state index contributed by atoms with van der Waals surface area (Å²) in [6.07, 6.45) is 11.6. The van der Waals surface area contributed by atoms with Crippen molar-refractivity contribution in [3.05, 3.63) is 0 Å². The number of nitrogens with one attached hydrogen (secondary N) is 2. The molecule has 27 heavy (non-hydrogen) atoms. The van der Waals surface area contributed by atoms with E-state index in [4.69, 9.17) is 16.7 Å². The van der Waals surface area contributed by atoms with Gasteiger partial charge in [-0.25, -0.2) is 5.43 Å². The summed E-state index contributed by atoms with van der Waals surface area (Å²) in [6, 6.07) is 0.339. The second kappa shape index (κ2) is 9.21. The average Bonchev–Trinajstić information content (AvgIpc) is 3.05. The molecule has 1 amide bonds. The Balaban J connectivity index is 1.60. The van der Waals surface area contributed by atoms with Crippen LogP contribution in [0.25, 0.3) is 0 Å². The van der Waals surface area contributed by atoms with Gasteiger partial charge in [-0.15, -0.1) is 16.3 Å². The van der Waals surface area contributed by atoms with Gasteiger partial charge < -0.3 is 0 Å². The molecule has 0 radical (unpaired) electrons. The predicted molar refractivity (Wildman–Crippen MR) is 109 cm³/mol. The van der Waals surface area contributed by atoms with Crippen LogP contribution in [0.2, 0.25) is 0 Å². The highest BCUT2D eigenvalue weighted by Crippen LogP contribution is 2.33. The van der Waals surface area contributed by atoms with E-state index in [-0.39, 0.29) is 34.8 Å². The number of rotatable bonds is 5. The van der Waals surface area contributed by atoms with Crippen LogP contribution in [-0.2, 0) is 4.79 Å². The average molecular weight is 398 g/mol. The number of hydrogen-bond acceptors (Lipinski definition) is 3. The minimum atomic E-state index is -0.154. The maximum absolute atomic E-state index is 13.0. The zero-order chi connectivity index (χ0) is 19.4. The first-order valence-electron chi connectivity index (χ1n) is 11.0. The van der Waals surface area contributed by atoms with Gasteiger partial charge in [0.1, 0.15) is 6.04 Å². The van der Waals surface area contributed by atoms with Gasteiger partial charge >= 0.3 is 5.91 Å². The van der Waals surface area contributed by atoms with Gasteiger partial charge in [0.05, 0.1) is 0 Å². The zero-order valence-electron chi connectivity index (χ0n) is 17.3. The van der Waals surface area contributed by atoms with Gasteiger partial charge in [-0.05, 0) is 42.6 Å². The largest absolute Gasteiger partial charge is 0.305 e. The first-order valence-corrected chi connectivity index (χ1v) is 11.4. The smallest absolute Gasteiger partial charge is 0.285 e. The number of alkyl halides is 1. The third-order valence-corrected chi connectivity index (χ3v) is 6.97. The molecule has 6 heteroatoms. The van der Waals surface area contributed by atoms with E-state index in [9.17, 15) is 4.79 Å². The van der Waals surface area contributed by atoms with Gasteiger partial charge in [0, 0.05) is 23.8 Å².